The monoisotopic (exact) mass is 823 g/mol. The summed E-state index contributed by atoms with van der Waals surface area (Å²) in [6, 6.07) is 6.80. The van der Waals surface area contributed by atoms with Crippen molar-refractivity contribution in [3.8, 4) is 11.5 Å². The zero-order chi connectivity index (χ0) is 38.6. The molecule has 1 saturated heterocycles. The Labute approximate surface area is 303 Å². The summed E-state index contributed by atoms with van der Waals surface area (Å²) in [6.07, 6.45) is -1.20. The molecule has 22 nitrogen and oxygen atoms in total. The normalized spacial score (nSPS) is 14.2. The number of phenols is 1. The lowest BCUT2D eigenvalue weighted by Gasteiger charge is -2.26. The van der Waals surface area contributed by atoms with Gasteiger partial charge in [-0.2, -0.15) is 41.3 Å². The van der Waals surface area contributed by atoms with Gasteiger partial charge in [0, 0.05) is 23.9 Å². The number of aromatic hydroxyl groups is 1. The topological polar surface area (TPSA) is 308 Å². The van der Waals surface area contributed by atoms with Crippen LogP contribution in [0.5, 0.6) is 11.5 Å². The van der Waals surface area contributed by atoms with Crippen molar-refractivity contribution in [1.29, 1.82) is 0 Å². The van der Waals surface area contributed by atoms with Crippen LogP contribution in [0.25, 0.3) is 10.8 Å². The molecule has 0 unspecified atom stereocenters. The Bertz CT molecular complexity index is 2380. The van der Waals surface area contributed by atoms with Gasteiger partial charge in [0.25, 0.3) is 10.1 Å². The summed E-state index contributed by atoms with van der Waals surface area (Å²) in [5, 5.41) is 33.6. The SMILES string of the molecule is COc1ccc(N=Nc2c(SOOO)cc3c(S(=O)(=O)O)c(Nc4nc(F)nc(N5CCOCC5)n4)ccc3c2O)cc1S(=O)(=O)CCOS(=O)(=O)O. The number of rotatable bonds is 15. The highest BCUT2D eigenvalue weighted by Crippen LogP contribution is 2.47. The van der Waals surface area contributed by atoms with Crippen LogP contribution in [0.4, 0.5) is 33.3 Å². The fourth-order valence-electron chi connectivity index (χ4n) is 4.84. The minimum atomic E-state index is -5.16. The number of nitrogens with zero attached hydrogens (tertiary/aromatic N) is 6. The number of morpholine rings is 1. The molecular weight excluding hydrogens is 798 g/mol. The zero-order valence-corrected chi connectivity index (χ0v) is 29.9. The fourth-order valence-corrected chi connectivity index (χ4v) is 7.85. The number of benzene rings is 3. The molecule has 0 aliphatic carbocycles. The lowest BCUT2D eigenvalue weighted by molar-refractivity contribution is -0.432. The summed E-state index contributed by atoms with van der Waals surface area (Å²) in [6.45, 7) is 0.388. The van der Waals surface area contributed by atoms with Gasteiger partial charge in [0.15, 0.2) is 15.6 Å². The quantitative estimate of drug-likeness (QED) is 0.0378. The van der Waals surface area contributed by atoms with Gasteiger partial charge in [0.2, 0.25) is 11.9 Å². The highest BCUT2D eigenvalue weighted by Gasteiger charge is 2.27. The van der Waals surface area contributed by atoms with Crippen LogP contribution in [0.15, 0.2) is 61.3 Å². The first kappa shape index (κ1) is 39.8. The summed E-state index contributed by atoms with van der Waals surface area (Å²) < 4.78 is 126. The number of hydrogen-bond donors (Lipinski definition) is 5. The number of ether oxygens (including phenoxy) is 2. The Morgan fingerprint density at radius 1 is 1.00 bits per heavy atom. The Hall–Kier alpha value is -4.42. The summed E-state index contributed by atoms with van der Waals surface area (Å²) in [5.41, 5.74) is -0.955. The van der Waals surface area contributed by atoms with Gasteiger partial charge >= 0.3 is 16.5 Å². The molecule has 5 N–H and O–H groups in total. The predicted octanol–water partition coefficient (Wildman–Crippen LogP) is 3.14. The molecule has 0 radical (unpaired) electrons. The summed E-state index contributed by atoms with van der Waals surface area (Å²) in [4.78, 5) is 11.4. The number of nitrogens with one attached hydrogen (secondary N) is 1. The molecule has 1 aromatic heterocycles. The zero-order valence-electron chi connectivity index (χ0n) is 26.7. The molecule has 2 heterocycles. The van der Waals surface area contributed by atoms with Crippen LogP contribution in [0.1, 0.15) is 0 Å². The number of anilines is 3. The van der Waals surface area contributed by atoms with E-state index in [1.165, 1.54) is 18.2 Å². The number of azo groups is 1. The van der Waals surface area contributed by atoms with Gasteiger partial charge < -0.3 is 24.8 Å². The maximum atomic E-state index is 14.4. The van der Waals surface area contributed by atoms with Crippen LogP contribution in [0.3, 0.4) is 0 Å². The maximum Gasteiger partial charge on any atom is 0.397 e. The van der Waals surface area contributed by atoms with Crippen molar-refractivity contribution in [3.05, 3.63) is 42.5 Å². The van der Waals surface area contributed by atoms with E-state index in [-0.39, 0.29) is 50.8 Å². The summed E-state index contributed by atoms with van der Waals surface area (Å²) in [7, 11) is -13.2. The van der Waals surface area contributed by atoms with Gasteiger partial charge in [-0.1, -0.05) is 5.04 Å². The molecule has 1 aliphatic rings. The Balaban J connectivity index is 1.57. The average molecular weight is 824 g/mol. The van der Waals surface area contributed by atoms with Crippen molar-refractivity contribution >= 4 is 82.1 Å². The van der Waals surface area contributed by atoms with E-state index in [4.69, 9.17) is 19.3 Å². The first-order valence-electron chi connectivity index (χ1n) is 14.4. The van der Waals surface area contributed by atoms with E-state index in [2.05, 4.69) is 44.1 Å². The van der Waals surface area contributed by atoms with E-state index in [0.29, 0.717) is 26.3 Å². The number of phenolic OH excluding ortho intramolecular Hbond substituents is 1. The summed E-state index contributed by atoms with van der Waals surface area (Å²) >= 11 is 0.204. The molecule has 0 bridgehead atoms. The Morgan fingerprint density at radius 3 is 2.40 bits per heavy atom. The average Bonchev–Trinajstić information content (AvgIpc) is 3.09. The Morgan fingerprint density at radius 2 is 1.74 bits per heavy atom. The van der Waals surface area contributed by atoms with Crippen LogP contribution in [0, 0.1) is 6.08 Å². The van der Waals surface area contributed by atoms with Gasteiger partial charge in [-0.05, 0) is 36.4 Å². The van der Waals surface area contributed by atoms with E-state index in [9.17, 15) is 39.3 Å². The van der Waals surface area contributed by atoms with Crippen molar-refractivity contribution in [2.24, 2.45) is 10.2 Å². The first-order valence-corrected chi connectivity index (χ1v) is 19.6. The third kappa shape index (κ3) is 9.77. The molecule has 0 atom stereocenters. The van der Waals surface area contributed by atoms with Crippen LogP contribution < -0.4 is 15.0 Å². The number of fused-ring (bicyclic) bond motifs is 1. The third-order valence-electron chi connectivity index (χ3n) is 7.07. The Kier molecular flexibility index (Phi) is 12.2. The molecule has 1 aliphatic heterocycles. The number of aromatic nitrogens is 3. The molecule has 5 rings (SSSR count). The lowest BCUT2D eigenvalue weighted by atomic mass is 10.1. The van der Waals surface area contributed by atoms with E-state index >= 15 is 0 Å². The van der Waals surface area contributed by atoms with Crippen LogP contribution in [0.2, 0.25) is 0 Å². The molecule has 3 aromatic carbocycles. The van der Waals surface area contributed by atoms with Gasteiger partial charge in [0.1, 0.15) is 21.2 Å². The molecule has 1 fully saturated rings. The highest BCUT2D eigenvalue weighted by atomic mass is 32.3. The van der Waals surface area contributed by atoms with Crippen molar-refractivity contribution in [2.45, 2.75) is 14.7 Å². The second kappa shape index (κ2) is 16.3. The van der Waals surface area contributed by atoms with Crippen LogP contribution >= 0.6 is 12.0 Å². The minimum absolute atomic E-state index is 0.0715. The molecule has 286 valence electrons. The molecule has 4 aromatic rings. The van der Waals surface area contributed by atoms with E-state index in [1.807, 2.05) is 0 Å². The van der Waals surface area contributed by atoms with E-state index in [0.717, 1.165) is 25.3 Å². The van der Waals surface area contributed by atoms with E-state index in [1.54, 1.807) is 4.90 Å². The number of sulfone groups is 1. The van der Waals surface area contributed by atoms with Gasteiger partial charge in [-0.25, -0.2) is 17.9 Å². The smallest absolute Gasteiger partial charge is 0.397 e. The van der Waals surface area contributed by atoms with Gasteiger partial charge in [-0.3, -0.25) is 9.11 Å². The second-order valence-electron chi connectivity index (χ2n) is 10.4. The van der Waals surface area contributed by atoms with Crippen LogP contribution in [-0.2, 0) is 48.6 Å². The molecule has 0 spiro atoms. The van der Waals surface area contributed by atoms with Crippen molar-refractivity contribution < 1.29 is 72.1 Å². The lowest BCUT2D eigenvalue weighted by Crippen LogP contribution is -2.37. The second-order valence-corrected chi connectivity index (χ2v) is 15.6. The molecule has 53 heavy (non-hydrogen) atoms. The number of methoxy groups -OCH3 is 1. The number of halogens is 1. The summed E-state index contributed by atoms with van der Waals surface area (Å²) in [5.74, 6) is -2.34. The van der Waals surface area contributed by atoms with Crippen molar-refractivity contribution in [1.82, 2.24) is 15.0 Å². The third-order valence-corrected chi connectivity index (χ3v) is 10.8. The number of hydrogen-bond acceptors (Lipinski definition) is 21. The van der Waals surface area contributed by atoms with Crippen molar-refractivity contribution in [2.75, 3.05) is 56.0 Å². The maximum absolute atomic E-state index is 14.4. The van der Waals surface area contributed by atoms with Crippen LogP contribution in [-0.4, -0.2) is 105 Å². The molecule has 0 amide bonds. The first-order chi connectivity index (χ1) is 25.0. The van der Waals surface area contributed by atoms with Gasteiger partial charge in [0.05, 0.1) is 61.0 Å². The molecule has 27 heteroatoms. The van der Waals surface area contributed by atoms with Crippen molar-refractivity contribution in [3.63, 3.8) is 0 Å². The fraction of sp³-hybridized carbons (Fsp3) is 0.269. The van der Waals surface area contributed by atoms with Gasteiger partial charge in [-0.15, -0.1) is 9.45 Å². The highest BCUT2D eigenvalue weighted by molar-refractivity contribution is 7.94. The predicted molar refractivity (Wildman–Crippen MR) is 179 cm³/mol. The molecule has 0 saturated carbocycles. The molecular formula is C26H26FN7O15S4. The van der Waals surface area contributed by atoms with E-state index < -0.39 is 76.0 Å². The minimum Gasteiger partial charge on any atom is -0.505 e. The standard InChI is InChI=1S/C26H26FN7O15S4/c1-45-18-5-2-14(12-20(18)51(37,38)11-10-47-53(42,43)44)32-33-21-19(50-49-48-36)13-16-15(22(21)35)3-4-17(23(16)52(39,40)41)28-25-29-24(27)30-26(31-25)34-6-8-46-9-7-34/h2-5,12-13,35-36H,6-11H2,1H3,(H,39,40,41)(H,42,43,44)(H,28,29,30,31). The largest absolute Gasteiger partial charge is 0.505 e.